The first-order valence-electron chi connectivity index (χ1n) is 5.77. The van der Waals surface area contributed by atoms with Gasteiger partial charge in [-0.15, -0.1) is 0 Å². The van der Waals surface area contributed by atoms with Gasteiger partial charge in [-0.05, 0) is 18.6 Å². The quantitative estimate of drug-likeness (QED) is 0.821. The number of rotatable bonds is 6. The number of halogens is 1. The molecule has 0 aliphatic rings. The number of nitriles is 1. The van der Waals surface area contributed by atoms with Gasteiger partial charge in [-0.1, -0.05) is 19.4 Å². The monoisotopic (exact) mass is 300 g/mol. The van der Waals surface area contributed by atoms with Crippen molar-refractivity contribution in [3.05, 3.63) is 29.6 Å². The molecule has 1 rings (SSSR count). The second-order valence-corrected chi connectivity index (χ2v) is 5.71. The normalized spacial score (nSPS) is 12.7. The molecule has 0 spiro atoms. The van der Waals surface area contributed by atoms with Crippen molar-refractivity contribution in [1.82, 2.24) is 4.72 Å². The minimum atomic E-state index is -4.29. The van der Waals surface area contributed by atoms with Crippen LogP contribution in [0.5, 0.6) is 0 Å². The van der Waals surface area contributed by atoms with Gasteiger partial charge in [0.2, 0.25) is 10.0 Å². The molecule has 0 amide bonds. The molecule has 2 N–H and O–H groups in total. The van der Waals surface area contributed by atoms with Gasteiger partial charge in [0.05, 0.1) is 0 Å². The van der Waals surface area contributed by atoms with Gasteiger partial charge in [0.25, 0.3) is 0 Å². The maximum Gasteiger partial charge on any atom is 0.321 e. The zero-order chi connectivity index (χ0) is 15.3. The van der Waals surface area contributed by atoms with Crippen molar-refractivity contribution >= 4 is 16.0 Å². The van der Waals surface area contributed by atoms with Gasteiger partial charge in [0.15, 0.2) is 0 Å². The second-order valence-electron chi connectivity index (χ2n) is 4.03. The number of nitrogens with one attached hydrogen (secondary N) is 1. The van der Waals surface area contributed by atoms with Crippen LogP contribution in [0.1, 0.15) is 25.3 Å². The highest BCUT2D eigenvalue weighted by Crippen LogP contribution is 2.18. The molecule has 20 heavy (non-hydrogen) atoms. The van der Waals surface area contributed by atoms with Crippen LogP contribution in [0.25, 0.3) is 0 Å². The van der Waals surface area contributed by atoms with Gasteiger partial charge in [-0.25, -0.2) is 12.8 Å². The third-order valence-corrected chi connectivity index (χ3v) is 4.06. The number of nitrogens with zero attached hydrogens (tertiary/aromatic N) is 1. The first-order chi connectivity index (χ1) is 9.33. The lowest BCUT2D eigenvalue weighted by Gasteiger charge is -2.14. The van der Waals surface area contributed by atoms with Gasteiger partial charge in [0.1, 0.15) is 28.4 Å². The van der Waals surface area contributed by atoms with Crippen LogP contribution in [0.15, 0.2) is 23.1 Å². The number of benzene rings is 1. The number of hydrogen-bond donors (Lipinski definition) is 2. The average Bonchev–Trinajstić information content (AvgIpc) is 2.37. The Morgan fingerprint density at radius 2 is 2.20 bits per heavy atom. The van der Waals surface area contributed by atoms with Gasteiger partial charge in [0, 0.05) is 0 Å². The van der Waals surface area contributed by atoms with Crippen LogP contribution < -0.4 is 4.72 Å². The summed E-state index contributed by atoms with van der Waals surface area (Å²) in [6, 6.07) is 3.29. The van der Waals surface area contributed by atoms with E-state index >= 15 is 0 Å². The molecule has 1 aromatic carbocycles. The molecule has 0 saturated heterocycles. The predicted octanol–water partition coefficient (Wildman–Crippen LogP) is 1.23. The molecule has 0 saturated carbocycles. The molecule has 0 aromatic heterocycles. The van der Waals surface area contributed by atoms with E-state index in [-0.39, 0.29) is 6.42 Å². The Kier molecular flexibility index (Phi) is 5.19. The number of hydrogen-bond acceptors (Lipinski definition) is 4. The van der Waals surface area contributed by atoms with Crippen molar-refractivity contribution in [2.24, 2.45) is 0 Å². The molecule has 0 aliphatic carbocycles. The summed E-state index contributed by atoms with van der Waals surface area (Å²) < 4.78 is 39.5. The van der Waals surface area contributed by atoms with Gasteiger partial charge < -0.3 is 5.11 Å². The Morgan fingerprint density at radius 1 is 1.55 bits per heavy atom. The minimum absolute atomic E-state index is 0.0891. The molecule has 0 fully saturated rings. The first-order valence-corrected chi connectivity index (χ1v) is 7.25. The fourth-order valence-corrected chi connectivity index (χ4v) is 3.00. The lowest BCUT2D eigenvalue weighted by molar-refractivity contribution is -0.139. The molecule has 6 nitrogen and oxygen atoms in total. The van der Waals surface area contributed by atoms with Crippen LogP contribution in [0.3, 0.4) is 0 Å². The van der Waals surface area contributed by atoms with Crippen LogP contribution in [-0.4, -0.2) is 25.5 Å². The van der Waals surface area contributed by atoms with E-state index in [4.69, 9.17) is 10.4 Å². The zero-order valence-corrected chi connectivity index (χ0v) is 11.4. The highest BCUT2D eigenvalue weighted by molar-refractivity contribution is 7.89. The topological polar surface area (TPSA) is 107 Å². The van der Waals surface area contributed by atoms with E-state index in [1.165, 1.54) is 6.07 Å². The number of carbonyl (C=O) groups is 1. The molecule has 1 aromatic rings. The molecule has 8 heteroatoms. The second kappa shape index (κ2) is 6.45. The molecule has 0 heterocycles. The van der Waals surface area contributed by atoms with Crippen molar-refractivity contribution in [3.63, 3.8) is 0 Å². The molecular weight excluding hydrogens is 287 g/mol. The summed E-state index contributed by atoms with van der Waals surface area (Å²) in [5.41, 5.74) is -0.638. The number of aliphatic carboxylic acids is 1. The van der Waals surface area contributed by atoms with Gasteiger partial charge >= 0.3 is 5.97 Å². The fraction of sp³-hybridized carbons (Fsp3) is 0.333. The lowest BCUT2D eigenvalue weighted by atomic mass is 10.2. The maximum absolute atomic E-state index is 13.4. The molecular formula is C12H13FN2O4S. The van der Waals surface area contributed by atoms with E-state index in [0.29, 0.717) is 6.42 Å². The average molecular weight is 300 g/mol. The van der Waals surface area contributed by atoms with E-state index in [9.17, 15) is 17.6 Å². The first kappa shape index (κ1) is 16.1. The van der Waals surface area contributed by atoms with Gasteiger partial charge in [-0.2, -0.15) is 9.98 Å². The van der Waals surface area contributed by atoms with Crippen molar-refractivity contribution in [3.8, 4) is 6.07 Å². The molecule has 108 valence electrons. The highest BCUT2D eigenvalue weighted by Gasteiger charge is 2.27. The summed E-state index contributed by atoms with van der Waals surface area (Å²) in [6.45, 7) is 1.70. The Morgan fingerprint density at radius 3 is 2.70 bits per heavy atom. The Labute approximate surface area is 115 Å². The summed E-state index contributed by atoms with van der Waals surface area (Å²) in [6.07, 6.45) is 0.541. The Hall–Kier alpha value is -1.98. The third kappa shape index (κ3) is 3.53. The van der Waals surface area contributed by atoms with E-state index in [2.05, 4.69) is 0 Å². The standard InChI is InChI=1S/C12H13FN2O4S/c1-2-4-10(12(16)17)15-20(18,19)11-6-3-5-9(13)8(11)7-14/h3,5-6,10,15H,2,4H2,1H3,(H,16,17)/t10-/m0/s1. The SMILES string of the molecule is CCC[C@H](NS(=O)(=O)c1cccc(F)c1C#N)C(=O)O. The molecule has 0 bridgehead atoms. The lowest BCUT2D eigenvalue weighted by Crippen LogP contribution is -2.40. The summed E-state index contributed by atoms with van der Waals surface area (Å²) in [7, 11) is -4.29. The zero-order valence-electron chi connectivity index (χ0n) is 10.6. The van der Waals surface area contributed by atoms with E-state index in [1.807, 2.05) is 4.72 Å². The van der Waals surface area contributed by atoms with E-state index in [1.54, 1.807) is 6.92 Å². The van der Waals surface area contributed by atoms with E-state index in [0.717, 1.165) is 18.2 Å². The summed E-state index contributed by atoms with van der Waals surface area (Å²) in [5, 5.41) is 17.7. The van der Waals surface area contributed by atoms with Crippen LogP contribution in [0.4, 0.5) is 4.39 Å². The number of sulfonamides is 1. The van der Waals surface area contributed by atoms with Crippen LogP contribution >= 0.6 is 0 Å². The minimum Gasteiger partial charge on any atom is -0.480 e. The van der Waals surface area contributed by atoms with Gasteiger partial charge in [-0.3, -0.25) is 4.79 Å². The molecule has 1 atom stereocenters. The van der Waals surface area contributed by atoms with E-state index < -0.39 is 38.3 Å². The summed E-state index contributed by atoms with van der Waals surface area (Å²) in [4.78, 5) is 10.4. The van der Waals surface area contributed by atoms with Crippen molar-refractivity contribution in [2.75, 3.05) is 0 Å². The maximum atomic E-state index is 13.4. The van der Waals surface area contributed by atoms with Crippen molar-refractivity contribution < 1.29 is 22.7 Å². The Bertz CT molecular complexity index is 652. The number of carboxylic acid groups (broad SMARTS) is 1. The molecule has 0 aliphatic heterocycles. The predicted molar refractivity (Wildman–Crippen MR) is 67.8 cm³/mol. The molecule has 0 unspecified atom stereocenters. The largest absolute Gasteiger partial charge is 0.480 e. The highest BCUT2D eigenvalue weighted by atomic mass is 32.2. The molecule has 0 radical (unpaired) electrons. The summed E-state index contributed by atoms with van der Waals surface area (Å²) in [5.74, 6) is -2.30. The fourth-order valence-electron chi connectivity index (χ4n) is 1.61. The smallest absolute Gasteiger partial charge is 0.321 e. The van der Waals surface area contributed by atoms with Crippen molar-refractivity contribution in [2.45, 2.75) is 30.7 Å². The third-order valence-electron chi connectivity index (χ3n) is 2.55. The number of carboxylic acids is 1. The summed E-state index contributed by atoms with van der Waals surface area (Å²) >= 11 is 0. The Balaban J connectivity index is 3.21. The van der Waals surface area contributed by atoms with Crippen LogP contribution in [0, 0.1) is 17.1 Å². The van der Waals surface area contributed by atoms with Crippen LogP contribution in [-0.2, 0) is 14.8 Å². The van der Waals surface area contributed by atoms with Crippen molar-refractivity contribution in [1.29, 1.82) is 5.26 Å². The van der Waals surface area contributed by atoms with Crippen LogP contribution in [0.2, 0.25) is 0 Å².